The van der Waals surface area contributed by atoms with Crippen molar-refractivity contribution >= 4 is 43.2 Å². The molecule has 0 radical (unpaired) electrons. The zero-order chi connectivity index (χ0) is 22.6. The van der Waals surface area contributed by atoms with E-state index in [2.05, 4.69) is 21.2 Å². The van der Waals surface area contributed by atoms with E-state index < -0.39 is 15.9 Å². The Morgan fingerprint density at radius 2 is 1.68 bits per heavy atom. The van der Waals surface area contributed by atoms with Gasteiger partial charge < -0.3 is 5.32 Å². The highest BCUT2D eigenvalue weighted by atomic mass is 79.9. The molecule has 3 aromatic carbocycles. The van der Waals surface area contributed by atoms with Crippen molar-refractivity contribution in [2.75, 3.05) is 16.2 Å². The number of carbonyl (C=O) groups excluding carboxylic acids is 1. The molecule has 0 unspecified atom stereocenters. The molecule has 0 saturated carbocycles. The standard InChI is InChI=1S/C24H25BrN2O3S/c1-4-19-7-5-6-8-23(19)27(31(29,30)21-12-9-17(2)10-13-21)16-24(28)26-20-11-14-22(25)18(3)15-20/h5-15H,4,16H2,1-3H3,(H,26,28). The molecular weight excluding hydrogens is 476 g/mol. The van der Waals surface area contributed by atoms with Crippen LogP contribution in [0.1, 0.15) is 23.6 Å². The maximum Gasteiger partial charge on any atom is 0.264 e. The summed E-state index contributed by atoms with van der Waals surface area (Å²) in [6.07, 6.45) is 0.642. The average molecular weight is 501 g/mol. The summed E-state index contributed by atoms with van der Waals surface area (Å²) in [5, 5.41) is 2.81. The lowest BCUT2D eigenvalue weighted by molar-refractivity contribution is -0.114. The van der Waals surface area contributed by atoms with Crippen molar-refractivity contribution in [3.8, 4) is 0 Å². The maximum atomic E-state index is 13.5. The van der Waals surface area contributed by atoms with Gasteiger partial charge in [0.15, 0.2) is 0 Å². The maximum absolute atomic E-state index is 13.5. The van der Waals surface area contributed by atoms with Crippen molar-refractivity contribution in [2.24, 2.45) is 0 Å². The van der Waals surface area contributed by atoms with Gasteiger partial charge in [0.25, 0.3) is 10.0 Å². The Balaban J connectivity index is 1.98. The van der Waals surface area contributed by atoms with Crippen molar-refractivity contribution in [1.29, 1.82) is 0 Å². The van der Waals surface area contributed by atoms with Crippen LogP contribution in [-0.4, -0.2) is 20.9 Å². The molecule has 1 N–H and O–H groups in total. The van der Waals surface area contributed by atoms with Crippen LogP contribution in [-0.2, 0) is 21.2 Å². The Kier molecular flexibility index (Phi) is 7.18. The summed E-state index contributed by atoms with van der Waals surface area (Å²) in [6.45, 7) is 5.45. The van der Waals surface area contributed by atoms with Gasteiger partial charge in [0.1, 0.15) is 6.54 Å². The first kappa shape index (κ1) is 23.0. The van der Waals surface area contributed by atoms with Crippen molar-refractivity contribution in [2.45, 2.75) is 32.1 Å². The van der Waals surface area contributed by atoms with E-state index in [1.807, 2.05) is 45.0 Å². The number of nitrogens with zero attached hydrogens (tertiary/aromatic N) is 1. The van der Waals surface area contributed by atoms with E-state index in [1.54, 1.807) is 42.5 Å². The van der Waals surface area contributed by atoms with Crippen molar-refractivity contribution < 1.29 is 13.2 Å². The topological polar surface area (TPSA) is 66.5 Å². The lowest BCUT2D eigenvalue weighted by Gasteiger charge is -2.26. The van der Waals surface area contributed by atoms with Crippen LogP contribution in [0.4, 0.5) is 11.4 Å². The SMILES string of the molecule is CCc1ccccc1N(CC(=O)Nc1ccc(Br)c(C)c1)S(=O)(=O)c1ccc(C)cc1. The summed E-state index contributed by atoms with van der Waals surface area (Å²) in [4.78, 5) is 13.0. The first-order chi connectivity index (χ1) is 14.7. The van der Waals surface area contributed by atoms with Crippen molar-refractivity contribution in [1.82, 2.24) is 0 Å². The second-order valence-electron chi connectivity index (χ2n) is 7.32. The van der Waals surface area contributed by atoms with Crippen LogP contribution in [0.5, 0.6) is 0 Å². The molecule has 0 atom stereocenters. The van der Waals surface area contributed by atoms with Gasteiger partial charge in [0.2, 0.25) is 5.91 Å². The number of anilines is 2. The van der Waals surface area contributed by atoms with E-state index in [9.17, 15) is 13.2 Å². The molecule has 1 amide bonds. The van der Waals surface area contributed by atoms with Gasteiger partial charge in [-0.3, -0.25) is 9.10 Å². The third-order valence-electron chi connectivity index (χ3n) is 4.98. The molecule has 0 saturated heterocycles. The number of amides is 1. The number of aryl methyl sites for hydroxylation is 3. The van der Waals surface area contributed by atoms with E-state index in [-0.39, 0.29) is 11.4 Å². The van der Waals surface area contributed by atoms with Gasteiger partial charge in [-0.05, 0) is 67.8 Å². The quantitative estimate of drug-likeness (QED) is 0.468. The van der Waals surface area contributed by atoms with Crippen LogP contribution in [0.2, 0.25) is 0 Å². The monoisotopic (exact) mass is 500 g/mol. The fourth-order valence-electron chi connectivity index (χ4n) is 3.24. The summed E-state index contributed by atoms with van der Waals surface area (Å²) in [7, 11) is -3.94. The second kappa shape index (κ2) is 9.66. The van der Waals surface area contributed by atoms with E-state index in [0.29, 0.717) is 17.8 Å². The largest absolute Gasteiger partial charge is 0.325 e. The molecule has 0 fully saturated rings. The molecule has 0 aliphatic rings. The zero-order valence-electron chi connectivity index (χ0n) is 17.7. The van der Waals surface area contributed by atoms with Gasteiger partial charge in [0.05, 0.1) is 10.6 Å². The van der Waals surface area contributed by atoms with Crippen LogP contribution in [0.15, 0.2) is 76.1 Å². The Hall–Kier alpha value is -2.64. The Bertz CT molecular complexity index is 1190. The molecule has 162 valence electrons. The van der Waals surface area contributed by atoms with Gasteiger partial charge in [0, 0.05) is 10.2 Å². The minimum Gasteiger partial charge on any atom is -0.325 e. The summed E-state index contributed by atoms with van der Waals surface area (Å²) >= 11 is 3.44. The molecule has 5 nitrogen and oxygen atoms in total. The highest BCUT2D eigenvalue weighted by molar-refractivity contribution is 9.10. The minimum atomic E-state index is -3.94. The second-order valence-corrected chi connectivity index (χ2v) is 10.0. The Labute approximate surface area is 192 Å². The predicted octanol–water partition coefficient (Wildman–Crippen LogP) is 5.46. The molecule has 31 heavy (non-hydrogen) atoms. The van der Waals surface area contributed by atoms with Crippen LogP contribution in [0.25, 0.3) is 0 Å². The number of rotatable bonds is 7. The van der Waals surface area contributed by atoms with Gasteiger partial charge in [-0.1, -0.05) is 58.7 Å². The number of para-hydroxylation sites is 1. The van der Waals surface area contributed by atoms with Crippen molar-refractivity contribution in [3.05, 3.63) is 87.9 Å². The summed E-state index contributed by atoms with van der Waals surface area (Å²) in [6, 6.07) is 19.4. The zero-order valence-corrected chi connectivity index (χ0v) is 20.1. The van der Waals surface area contributed by atoms with Crippen molar-refractivity contribution in [3.63, 3.8) is 0 Å². The highest BCUT2D eigenvalue weighted by Gasteiger charge is 2.28. The van der Waals surface area contributed by atoms with Gasteiger partial charge in [-0.15, -0.1) is 0 Å². The summed E-state index contributed by atoms with van der Waals surface area (Å²) < 4.78 is 29.2. The highest BCUT2D eigenvalue weighted by Crippen LogP contribution is 2.28. The molecule has 0 heterocycles. The minimum absolute atomic E-state index is 0.149. The molecule has 7 heteroatoms. The normalized spacial score (nSPS) is 11.2. The predicted molar refractivity (Wildman–Crippen MR) is 129 cm³/mol. The van der Waals surface area contributed by atoms with Gasteiger partial charge >= 0.3 is 0 Å². The number of sulfonamides is 1. The third kappa shape index (κ3) is 5.35. The molecule has 3 aromatic rings. The molecular formula is C24H25BrN2O3S. The third-order valence-corrected chi connectivity index (χ3v) is 7.64. The Morgan fingerprint density at radius 1 is 1.00 bits per heavy atom. The Morgan fingerprint density at radius 3 is 2.32 bits per heavy atom. The first-order valence-electron chi connectivity index (χ1n) is 9.95. The first-order valence-corrected chi connectivity index (χ1v) is 12.2. The van der Waals surface area contributed by atoms with Crippen LogP contribution < -0.4 is 9.62 Å². The smallest absolute Gasteiger partial charge is 0.264 e. The van der Waals surface area contributed by atoms with Gasteiger partial charge in [-0.25, -0.2) is 8.42 Å². The number of nitrogens with one attached hydrogen (secondary N) is 1. The fourth-order valence-corrected chi connectivity index (χ4v) is 4.95. The molecule has 0 aliphatic carbocycles. The van der Waals surface area contributed by atoms with Crippen LogP contribution in [0, 0.1) is 13.8 Å². The van der Waals surface area contributed by atoms with Crippen LogP contribution in [0.3, 0.4) is 0 Å². The number of hydrogen-bond donors (Lipinski definition) is 1. The molecule has 0 aliphatic heterocycles. The number of halogens is 1. The number of hydrogen-bond acceptors (Lipinski definition) is 3. The van der Waals surface area contributed by atoms with E-state index in [0.717, 1.165) is 21.2 Å². The molecule has 0 spiro atoms. The fraction of sp³-hybridized carbons (Fsp3) is 0.208. The number of carbonyl (C=O) groups is 1. The van der Waals surface area contributed by atoms with Crippen LogP contribution >= 0.6 is 15.9 Å². The average Bonchev–Trinajstić information content (AvgIpc) is 2.75. The van der Waals surface area contributed by atoms with E-state index >= 15 is 0 Å². The van der Waals surface area contributed by atoms with Gasteiger partial charge in [-0.2, -0.15) is 0 Å². The summed E-state index contributed by atoms with van der Waals surface area (Å²) in [5.74, 6) is -0.414. The van der Waals surface area contributed by atoms with E-state index in [4.69, 9.17) is 0 Å². The molecule has 0 aromatic heterocycles. The molecule has 0 bridgehead atoms. The number of benzene rings is 3. The summed E-state index contributed by atoms with van der Waals surface area (Å²) in [5.41, 5.74) is 3.90. The van der Waals surface area contributed by atoms with E-state index in [1.165, 1.54) is 4.31 Å². The lowest BCUT2D eigenvalue weighted by atomic mass is 10.1. The molecule has 3 rings (SSSR count). The lowest BCUT2D eigenvalue weighted by Crippen LogP contribution is -2.38.